The van der Waals surface area contributed by atoms with E-state index < -0.39 is 0 Å². The van der Waals surface area contributed by atoms with Crippen LogP contribution in [0.4, 0.5) is 0 Å². The third-order valence-electron chi connectivity index (χ3n) is 4.16. The Hall–Kier alpha value is -2.24. The minimum absolute atomic E-state index is 0.0108. The Morgan fingerprint density at radius 2 is 1.92 bits per heavy atom. The third kappa shape index (κ3) is 4.65. The van der Waals surface area contributed by atoms with Crippen LogP contribution in [0.3, 0.4) is 0 Å². The standard InChI is InChI=1S/C19H21ClN2O3/c1-13(15-5-8-17-18(9-15)25-12-24-17)21-19(23)11-22(2)10-14-3-6-16(20)7-4-14/h3-9,13H,10-12H2,1-2H3,(H,21,23)/p+1/t13-/m1/s1. The number of halogens is 1. The molecule has 2 aromatic carbocycles. The molecule has 0 spiro atoms. The highest BCUT2D eigenvalue weighted by Crippen LogP contribution is 2.34. The van der Waals surface area contributed by atoms with Gasteiger partial charge in [0.2, 0.25) is 6.79 Å². The first kappa shape index (κ1) is 17.6. The molecule has 1 aliphatic heterocycles. The van der Waals surface area contributed by atoms with Crippen molar-refractivity contribution in [2.24, 2.45) is 0 Å². The molecule has 0 aliphatic carbocycles. The molecule has 0 saturated carbocycles. The zero-order chi connectivity index (χ0) is 17.8. The lowest BCUT2D eigenvalue weighted by Crippen LogP contribution is -3.08. The molecule has 0 saturated heterocycles. The fourth-order valence-corrected chi connectivity index (χ4v) is 2.97. The number of amides is 1. The van der Waals surface area contributed by atoms with Gasteiger partial charge in [0, 0.05) is 10.6 Å². The number of hydrogen-bond acceptors (Lipinski definition) is 3. The molecule has 2 N–H and O–H groups in total. The Kier molecular flexibility index (Phi) is 5.46. The summed E-state index contributed by atoms with van der Waals surface area (Å²) in [6.45, 7) is 3.38. The number of carbonyl (C=O) groups is 1. The van der Waals surface area contributed by atoms with Crippen molar-refractivity contribution in [3.63, 3.8) is 0 Å². The summed E-state index contributed by atoms with van der Waals surface area (Å²) in [5.74, 6) is 1.48. The fourth-order valence-electron chi connectivity index (χ4n) is 2.85. The lowest BCUT2D eigenvalue weighted by atomic mass is 10.1. The molecule has 1 amide bonds. The van der Waals surface area contributed by atoms with Gasteiger partial charge in [-0.3, -0.25) is 4.79 Å². The van der Waals surface area contributed by atoms with E-state index in [4.69, 9.17) is 21.1 Å². The van der Waals surface area contributed by atoms with Gasteiger partial charge in [-0.05, 0) is 36.8 Å². The van der Waals surface area contributed by atoms with Crippen molar-refractivity contribution >= 4 is 17.5 Å². The molecule has 25 heavy (non-hydrogen) atoms. The Morgan fingerprint density at radius 1 is 1.20 bits per heavy atom. The first-order valence-corrected chi connectivity index (χ1v) is 8.63. The van der Waals surface area contributed by atoms with Crippen molar-refractivity contribution in [1.29, 1.82) is 0 Å². The van der Waals surface area contributed by atoms with Crippen LogP contribution in [0.5, 0.6) is 11.5 Å². The molecule has 1 heterocycles. The second-order valence-corrected chi connectivity index (χ2v) is 6.78. The van der Waals surface area contributed by atoms with Crippen LogP contribution in [-0.2, 0) is 11.3 Å². The Bertz CT molecular complexity index is 749. The lowest BCUT2D eigenvalue weighted by molar-refractivity contribution is -0.885. The van der Waals surface area contributed by atoms with Gasteiger partial charge in [0.15, 0.2) is 18.0 Å². The van der Waals surface area contributed by atoms with E-state index in [1.165, 1.54) is 0 Å². The number of nitrogens with one attached hydrogen (secondary N) is 2. The molecule has 2 atom stereocenters. The van der Waals surface area contributed by atoms with Crippen molar-refractivity contribution in [2.75, 3.05) is 20.4 Å². The van der Waals surface area contributed by atoms with Crippen molar-refractivity contribution in [1.82, 2.24) is 5.32 Å². The number of quaternary nitrogens is 1. The number of ether oxygens (including phenoxy) is 2. The molecule has 3 rings (SSSR count). The second-order valence-electron chi connectivity index (χ2n) is 6.34. The van der Waals surface area contributed by atoms with E-state index in [9.17, 15) is 4.79 Å². The smallest absolute Gasteiger partial charge is 0.275 e. The van der Waals surface area contributed by atoms with Gasteiger partial charge in [0.05, 0.1) is 13.1 Å². The molecule has 0 fully saturated rings. The van der Waals surface area contributed by atoms with Crippen molar-refractivity contribution in [2.45, 2.75) is 19.5 Å². The quantitative estimate of drug-likeness (QED) is 0.827. The van der Waals surface area contributed by atoms with Crippen molar-refractivity contribution < 1.29 is 19.2 Å². The van der Waals surface area contributed by atoms with Gasteiger partial charge in [0.25, 0.3) is 5.91 Å². The molecule has 0 radical (unpaired) electrons. The van der Waals surface area contributed by atoms with Crippen LogP contribution in [0.1, 0.15) is 24.1 Å². The number of benzene rings is 2. The number of rotatable bonds is 6. The lowest BCUT2D eigenvalue weighted by Gasteiger charge is -2.18. The maximum atomic E-state index is 12.3. The topological polar surface area (TPSA) is 52.0 Å². The first-order valence-electron chi connectivity index (χ1n) is 8.26. The van der Waals surface area contributed by atoms with Gasteiger partial charge in [-0.25, -0.2) is 0 Å². The summed E-state index contributed by atoms with van der Waals surface area (Å²) in [4.78, 5) is 13.4. The summed E-state index contributed by atoms with van der Waals surface area (Å²) in [5.41, 5.74) is 2.14. The van der Waals surface area contributed by atoms with Crippen LogP contribution in [-0.4, -0.2) is 26.3 Å². The van der Waals surface area contributed by atoms with E-state index in [-0.39, 0.29) is 18.7 Å². The molecule has 2 aromatic rings. The molecule has 5 nitrogen and oxygen atoms in total. The maximum absolute atomic E-state index is 12.3. The molecule has 1 unspecified atom stereocenters. The van der Waals surface area contributed by atoms with Gasteiger partial charge in [-0.1, -0.05) is 29.8 Å². The summed E-state index contributed by atoms with van der Waals surface area (Å²) in [5, 5.41) is 3.76. The average Bonchev–Trinajstić information content (AvgIpc) is 3.04. The zero-order valence-corrected chi connectivity index (χ0v) is 15.1. The fraction of sp³-hybridized carbons (Fsp3) is 0.316. The number of likely N-dealkylation sites (N-methyl/N-ethyl adjacent to an activating group) is 1. The van der Waals surface area contributed by atoms with Crippen molar-refractivity contribution in [3.8, 4) is 11.5 Å². The molecular formula is C19H22ClN2O3+. The third-order valence-corrected chi connectivity index (χ3v) is 4.41. The molecule has 1 aliphatic rings. The van der Waals surface area contributed by atoms with E-state index in [2.05, 4.69) is 5.32 Å². The maximum Gasteiger partial charge on any atom is 0.275 e. The summed E-state index contributed by atoms with van der Waals surface area (Å²) in [7, 11) is 2.00. The normalized spacial score (nSPS) is 14.8. The average molecular weight is 362 g/mol. The van der Waals surface area contributed by atoms with Crippen LogP contribution in [0.25, 0.3) is 0 Å². The summed E-state index contributed by atoms with van der Waals surface area (Å²) < 4.78 is 10.7. The van der Waals surface area contributed by atoms with E-state index >= 15 is 0 Å². The predicted molar refractivity (Wildman–Crippen MR) is 96.0 cm³/mol. The van der Waals surface area contributed by atoms with Gasteiger partial charge >= 0.3 is 0 Å². The van der Waals surface area contributed by atoms with Crippen molar-refractivity contribution in [3.05, 3.63) is 58.6 Å². The number of hydrogen-bond donors (Lipinski definition) is 2. The minimum atomic E-state index is -0.0923. The molecule has 6 heteroatoms. The number of fused-ring (bicyclic) bond motifs is 1. The van der Waals surface area contributed by atoms with Crippen LogP contribution < -0.4 is 19.7 Å². The molecule has 132 valence electrons. The van der Waals surface area contributed by atoms with E-state index in [0.717, 1.165) is 39.1 Å². The van der Waals surface area contributed by atoms with Crippen LogP contribution in [0, 0.1) is 0 Å². The first-order chi connectivity index (χ1) is 12.0. The number of carbonyl (C=O) groups excluding carboxylic acids is 1. The zero-order valence-electron chi connectivity index (χ0n) is 14.3. The van der Waals surface area contributed by atoms with E-state index in [0.29, 0.717) is 6.54 Å². The molecular weight excluding hydrogens is 340 g/mol. The monoisotopic (exact) mass is 361 g/mol. The van der Waals surface area contributed by atoms with E-state index in [1.54, 1.807) is 0 Å². The highest BCUT2D eigenvalue weighted by molar-refractivity contribution is 6.30. The van der Waals surface area contributed by atoms with Gasteiger partial charge in [0.1, 0.15) is 6.54 Å². The molecule has 0 bridgehead atoms. The van der Waals surface area contributed by atoms with Crippen LogP contribution in [0.15, 0.2) is 42.5 Å². The van der Waals surface area contributed by atoms with Crippen LogP contribution >= 0.6 is 11.6 Å². The summed E-state index contributed by atoms with van der Waals surface area (Å²) in [6, 6.07) is 13.3. The van der Waals surface area contributed by atoms with Gasteiger partial charge in [-0.2, -0.15) is 0 Å². The predicted octanol–water partition coefficient (Wildman–Crippen LogP) is 1.96. The van der Waals surface area contributed by atoms with Gasteiger partial charge < -0.3 is 19.7 Å². The van der Waals surface area contributed by atoms with Gasteiger partial charge in [-0.15, -0.1) is 0 Å². The highest BCUT2D eigenvalue weighted by Gasteiger charge is 2.18. The van der Waals surface area contributed by atoms with E-state index in [1.807, 2.05) is 56.4 Å². The summed E-state index contributed by atoms with van der Waals surface area (Å²) >= 11 is 5.90. The largest absolute Gasteiger partial charge is 0.454 e. The second kappa shape index (κ2) is 7.76. The minimum Gasteiger partial charge on any atom is -0.454 e. The summed E-state index contributed by atoms with van der Waals surface area (Å²) in [6.07, 6.45) is 0. The SMILES string of the molecule is C[C@@H](NC(=O)C[NH+](C)Cc1ccc(Cl)cc1)c1ccc2c(c1)OCO2. The van der Waals surface area contributed by atoms with Crippen LogP contribution in [0.2, 0.25) is 5.02 Å². The molecule has 0 aromatic heterocycles. The Morgan fingerprint density at radius 3 is 2.68 bits per heavy atom. The Labute approximate surface area is 152 Å². The Balaban J connectivity index is 1.52. The highest BCUT2D eigenvalue weighted by atomic mass is 35.5.